The van der Waals surface area contributed by atoms with Crippen LogP contribution in [0.2, 0.25) is 5.28 Å². The Morgan fingerprint density at radius 1 is 1.12 bits per heavy atom. The average molecular weight is 258 g/mol. The average Bonchev–Trinajstić information content (AvgIpc) is 2.32. The van der Waals surface area contributed by atoms with Crippen molar-refractivity contribution in [3.8, 4) is 0 Å². The lowest BCUT2D eigenvalue weighted by molar-refractivity contribution is 0.591. The summed E-state index contributed by atoms with van der Waals surface area (Å²) >= 11 is 5.84. The molecule has 1 atom stereocenters. The normalized spacial score (nSPS) is 12.2. The number of hydrogen-bond acceptors (Lipinski definition) is 5. The molecule has 0 aromatic carbocycles. The molecule has 1 unspecified atom stereocenters. The zero-order chi connectivity index (χ0) is 12.7. The molecule has 0 aliphatic rings. The molecule has 0 radical (unpaired) electrons. The van der Waals surface area contributed by atoms with Gasteiger partial charge in [0.15, 0.2) is 0 Å². The van der Waals surface area contributed by atoms with Crippen molar-refractivity contribution in [1.82, 2.24) is 15.0 Å². The maximum absolute atomic E-state index is 5.84. The number of nitrogens with one attached hydrogen (secondary N) is 2. The van der Waals surface area contributed by atoms with E-state index >= 15 is 0 Å². The highest BCUT2D eigenvalue weighted by Gasteiger charge is 2.05. The lowest BCUT2D eigenvalue weighted by Gasteiger charge is -2.11. The van der Waals surface area contributed by atoms with Crippen molar-refractivity contribution >= 4 is 23.5 Å². The van der Waals surface area contributed by atoms with Crippen LogP contribution in [-0.4, -0.2) is 28.0 Å². The SMILES string of the molecule is CCCNc1nc(Cl)nc(NCC(C)CC)n1. The van der Waals surface area contributed by atoms with Crippen molar-refractivity contribution in [1.29, 1.82) is 0 Å². The topological polar surface area (TPSA) is 62.7 Å². The van der Waals surface area contributed by atoms with Crippen molar-refractivity contribution in [2.24, 2.45) is 5.92 Å². The summed E-state index contributed by atoms with van der Waals surface area (Å²) in [5, 5.41) is 6.47. The number of aromatic nitrogens is 3. The van der Waals surface area contributed by atoms with Crippen LogP contribution < -0.4 is 10.6 Å². The minimum absolute atomic E-state index is 0.213. The van der Waals surface area contributed by atoms with E-state index in [9.17, 15) is 0 Å². The second-order valence-electron chi connectivity index (χ2n) is 4.07. The number of anilines is 2. The van der Waals surface area contributed by atoms with Gasteiger partial charge in [0, 0.05) is 13.1 Å². The molecule has 1 aromatic heterocycles. The van der Waals surface area contributed by atoms with Gasteiger partial charge in [0.05, 0.1) is 0 Å². The van der Waals surface area contributed by atoms with Gasteiger partial charge in [-0.3, -0.25) is 0 Å². The molecular weight excluding hydrogens is 238 g/mol. The van der Waals surface area contributed by atoms with E-state index in [0.29, 0.717) is 17.8 Å². The summed E-state index contributed by atoms with van der Waals surface area (Å²) in [7, 11) is 0. The van der Waals surface area contributed by atoms with E-state index in [1.165, 1.54) is 0 Å². The Morgan fingerprint density at radius 3 is 2.35 bits per heavy atom. The van der Waals surface area contributed by atoms with E-state index in [-0.39, 0.29) is 5.28 Å². The van der Waals surface area contributed by atoms with Gasteiger partial charge in [0.1, 0.15) is 0 Å². The quantitative estimate of drug-likeness (QED) is 0.787. The molecule has 1 heterocycles. The van der Waals surface area contributed by atoms with Crippen LogP contribution in [0.25, 0.3) is 0 Å². The molecule has 0 saturated carbocycles. The van der Waals surface area contributed by atoms with Gasteiger partial charge in [-0.25, -0.2) is 0 Å². The Kier molecular flexibility index (Phi) is 5.97. The van der Waals surface area contributed by atoms with Gasteiger partial charge in [-0.05, 0) is 23.9 Å². The molecule has 0 aliphatic heterocycles. The Morgan fingerprint density at radius 2 is 1.76 bits per heavy atom. The van der Waals surface area contributed by atoms with Gasteiger partial charge in [0.2, 0.25) is 17.2 Å². The highest BCUT2D eigenvalue weighted by molar-refractivity contribution is 6.28. The fraction of sp³-hybridized carbons (Fsp3) is 0.727. The molecule has 17 heavy (non-hydrogen) atoms. The van der Waals surface area contributed by atoms with E-state index in [4.69, 9.17) is 11.6 Å². The van der Waals surface area contributed by atoms with Gasteiger partial charge in [-0.15, -0.1) is 0 Å². The summed E-state index contributed by atoms with van der Waals surface area (Å²) in [6.45, 7) is 8.07. The standard InChI is InChI=1S/C11H20ClN5/c1-4-6-13-10-15-9(12)16-11(17-10)14-7-8(3)5-2/h8H,4-7H2,1-3H3,(H2,13,14,15,16,17). The minimum Gasteiger partial charge on any atom is -0.354 e. The predicted octanol–water partition coefficient (Wildman–Crippen LogP) is 2.80. The van der Waals surface area contributed by atoms with Crippen molar-refractivity contribution in [3.63, 3.8) is 0 Å². The summed E-state index contributed by atoms with van der Waals surface area (Å²) in [6.07, 6.45) is 2.13. The first-order valence-electron chi connectivity index (χ1n) is 6.05. The van der Waals surface area contributed by atoms with Crippen molar-refractivity contribution < 1.29 is 0 Å². The van der Waals surface area contributed by atoms with Crippen LogP contribution in [0.4, 0.5) is 11.9 Å². The van der Waals surface area contributed by atoms with Crippen LogP contribution in [-0.2, 0) is 0 Å². The number of hydrogen-bond donors (Lipinski definition) is 2. The Bertz CT molecular complexity index is 345. The van der Waals surface area contributed by atoms with Crippen LogP contribution >= 0.6 is 11.6 Å². The molecule has 6 heteroatoms. The van der Waals surface area contributed by atoms with E-state index in [2.05, 4.69) is 46.4 Å². The maximum Gasteiger partial charge on any atom is 0.228 e. The Balaban J connectivity index is 2.61. The smallest absolute Gasteiger partial charge is 0.228 e. The minimum atomic E-state index is 0.213. The van der Waals surface area contributed by atoms with Crippen molar-refractivity contribution in [2.45, 2.75) is 33.6 Å². The first-order chi connectivity index (χ1) is 8.15. The monoisotopic (exact) mass is 257 g/mol. The largest absolute Gasteiger partial charge is 0.354 e. The summed E-state index contributed by atoms with van der Waals surface area (Å²) in [6, 6.07) is 0. The van der Waals surface area contributed by atoms with Gasteiger partial charge in [-0.1, -0.05) is 27.2 Å². The van der Waals surface area contributed by atoms with Crippen LogP contribution in [0, 0.1) is 5.92 Å². The zero-order valence-electron chi connectivity index (χ0n) is 10.6. The van der Waals surface area contributed by atoms with Crippen LogP contribution in [0.1, 0.15) is 33.6 Å². The van der Waals surface area contributed by atoms with Gasteiger partial charge >= 0.3 is 0 Å². The molecule has 0 aliphatic carbocycles. The predicted molar refractivity (Wildman–Crippen MR) is 71.6 cm³/mol. The summed E-state index contributed by atoms with van der Waals surface area (Å²) in [5.41, 5.74) is 0. The second kappa shape index (κ2) is 7.27. The highest BCUT2D eigenvalue weighted by atomic mass is 35.5. The Labute approximate surface area is 107 Å². The summed E-state index contributed by atoms with van der Waals surface area (Å²) < 4.78 is 0. The van der Waals surface area contributed by atoms with Gasteiger partial charge < -0.3 is 10.6 Å². The lowest BCUT2D eigenvalue weighted by Crippen LogP contribution is -2.14. The van der Waals surface area contributed by atoms with E-state index in [1.807, 2.05) is 0 Å². The number of halogens is 1. The van der Waals surface area contributed by atoms with E-state index < -0.39 is 0 Å². The first-order valence-corrected chi connectivity index (χ1v) is 6.42. The number of nitrogens with zero attached hydrogens (tertiary/aromatic N) is 3. The lowest BCUT2D eigenvalue weighted by atomic mass is 10.1. The molecule has 0 amide bonds. The highest BCUT2D eigenvalue weighted by Crippen LogP contribution is 2.10. The summed E-state index contributed by atoms with van der Waals surface area (Å²) in [5.74, 6) is 1.64. The summed E-state index contributed by atoms with van der Waals surface area (Å²) in [4.78, 5) is 12.3. The van der Waals surface area contributed by atoms with Gasteiger partial charge in [-0.2, -0.15) is 15.0 Å². The zero-order valence-corrected chi connectivity index (χ0v) is 11.4. The maximum atomic E-state index is 5.84. The molecule has 0 bridgehead atoms. The molecule has 0 spiro atoms. The Hall–Kier alpha value is -1.10. The molecular formula is C11H20ClN5. The van der Waals surface area contributed by atoms with Gasteiger partial charge in [0.25, 0.3) is 0 Å². The van der Waals surface area contributed by atoms with Crippen LogP contribution in [0.3, 0.4) is 0 Å². The third-order valence-corrected chi connectivity index (χ3v) is 2.62. The fourth-order valence-corrected chi connectivity index (χ4v) is 1.31. The van der Waals surface area contributed by atoms with Crippen molar-refractivity contribution in [2.75, 3.05) is 23.7 Å². The third-order valence-electron chi connectivity index (χ3n) is 2.45. The number of rotatable bonds is 7. The second-order valence-corrected chi connectivity index (χ2v) is 4.41. The first kappa shape index (κ1) is 14.0. The molecule has 2 N–H and O–H groups in total. The molecule has 0 fully saturated rings. The van der Waals surface area contributed by atoms with Crippen LogP contribution in [0.15, 0.2) is 0 Å². The van der Waals surface area contributed by atoms with E-state index in [1.54, 1.807) is 0 Å². The molecule has 0 saturated heterocycles. The third kappa shape index (κ3) is 5.17. The molecule has 96 valence electrons. The fourth-order valence-electron chi connectivity index (χ4n) is 1.15. The molecule has 5 nitrogen and oxygen atoms in total. The van der Waals surface area contributed by atoms with E-state index in [0.717, 1.165) is 25.9 Å². The molecule has 1 rings (SSSR count). The molecule has 1 aromatic rings. The van der Waals surface area contributed by atoms with Crippen LogP contribution in [0.5, 0.6) is 0 Å². The van der Waals surface area contributed by atoms with Crippen molar-refractivity contribution in [3.05, 3.63) is 5.28 Å².